The Morgan fingerprint density at radius 2 is 2.41 bits per heavy atom. The van der Waals surface area contributed by atoms with Gasteiger partial charge in [-0.25, -0.2) is 0 Å². The van der Waals surface area contributed by atoms with E-state index < -0.39 is 0 Å². The lowest BCUT2D eigenvalue weighted by Crippen LogP contribution is -2.17. The molecule has 1 fully saturated rings. The van der Waals surface area contributed by atoms with Crippen LogP contribution >= 0.6 is 22.6 Å². The van der Waals surface area contributed by atoms with Crippen LogP contribution in [0.2, 0.25) is 0 Å². The predicted molar refractivity (Wildman–Crippen MR) is 75.3 cm³/mol. The number of halogens is 1. The molecule has 0 aliphatic carbocycles. The van der Waals surface area contributed by atoms with Crippen molar-refractivity contribution in [1.29, 1.82) is 0 Å². The lowest BCUT2D eigenvalue weighted by molar-refractivity contribution is -0.384. The van der Waals surface area contributed by atoms with Crippen LogP contribution in [-0.2, 0) is 0 Å². The maximum absolute atomic E-state index is 10.6. The zero-order chi connectivity index (χ0) is 12.3. The van der Waals surface area contributed by atoms with E-state index in [0.717, 1.165) is 28.9 Å². The molecule has 2 rings (SSSR count). The number of anilines is 1. The molecule has 1 heterocycles. The highest BCUT2D eigenvalue weighted by Crippen LogP contribution is 2.24. The van der Waals surface area contributed by atoms with Crippen molar-refractivity contribution in [2.24, 2.45) is 5.92 Å². The largest absolute Gasteiger partial charge is 0.384 e. The molecule has 17 heavy (non-hydrogen) atoms. The predicted octanol–water partition coefficient (Wildman–Crippen LogP) is 2.22. The summed E-state index contributed by atoms with van der Waals surface area (Å²) in [6, 6.07) is 4.91. The van der Waals surface area contributed by atoms with Gasteiger partial charge in [-0.15, -0.1) is 0 Å². The fourth-order valence-electron chi connectivity index (χ4n) is 1.90. The second-order valence-corrected chi connectivity index (χ2v) is 5.32. The van der Waals surface area contributed by atoms with Crippen molar-refractivity contribution in [2.45, 2.75) is 6.42 Å². The van der Waals surface area contributed by atoms with E-state index in [2.05, 4.69) is 33.2 Å². The third-order valence-electron chi connectivity index (χ3n) is 2.91. The zero-order valence-electron chi connectivity index (χ0n) is 9.28. The maximum atomic E-state index is 10.6. The van der Waals surface area contributed by atoms with Gasteiger partial charge in [-0.1, -0.05) is 0 Å². The van der Waals surface area contributed by atoms with Crippen LogP contribution in [0.3, 0.4) is 0 Å². The van der Waals surface area contributed by atoms with Crippen molar-refractivity contribution in [3.05, 3.63) is 31.9 Å². The van der Waals surface area contributed by atoms with E-state index >= 15 is 0 Å². The summed E-state index contributed by atoms with van der Waals surface area (Å²) in [6.07, 6.45) is 1.19. The molecule has 1 unspecified atom stereocenters. The van der Waals surface area contributed by atoms with Crippen LogP contribution in [0.1, 0.15) is 6.42 Å². The number of nitrogens with zero attached hydrogens (tertiary/aromatic N) is 1. The van der Waals surface area contributed by atoms with Crippen LogP contribution < -0.4 is 10.6 Å². The standard InChI is InChI=1S/C11H14IN3O2/c12-10-5-9(15(16)17)1-2-11(10)14-7-8-3-4-13-6-8/h1-2,5,8,13-14H,3-4,6-7H2. The molecular formula is C11H14IN3O2. The second kappa shape index (κ2) is 5.63. The Kier molecular flexibility index (Phi) is 4.16. The van der Waals surface area contributed by atoms with Crippen molar-refractivity contribution < 1.29 is 4.92 Å². The number of hydrogen-bond donors (Lipinski definition) is 2. The highest BCUT2D eigenvalue weighted by Gasteiger charge is 2.15. The zero-order valence-corrected chi connectivity index (χ0v) is 11.4. The molecule has 0 bridgehead atoms. The Morgan fingerprint density at radius 3 is 3.00 bits per heavy atom. The topological polar surface area (TPSA) is 67.2 Å². The fourth-order valence-corrected chi connectivity index (χ4v) is 2.59. The molecule has 0 saturated carbocycles. The molecule has 2 N–H and O–H groups in total. The Morgan fingerprint density at radius 1 is 1.59 bits per heavy atom. The van der Waals surface area contributed by atoms with E-state index in [4.69, 9.17) is 0 Å². The van der Waals surface area contributed by atoms with Gasteiger partial charge in [0.05, 0.1) is 4.92 Å². The summed E-state index contributed by atoms with van der Waals surface area (Å²) in [7, 11) is 0. The van der Waals surface area contributed by atoms with Gasteiger partial charge in [0.2, 0.25) is 0 Å². The second-order valence-electron chi connectivity index (χ2n) is 4.16. The normalized spacial score (nSPS) is 19.2. The summed E-state index contributed by atoms with van der Waals surface area (Å²) < 4.78 is 0.891. The first-order chi connectivity index (χ1) is 8.16. The minimum absolute atomic E-state index is 0.141. The van der Waals surface area contributed by atoms with Crippen LogP contribution in [0.15, 0.2) is 18.2 Å². The van der Waals surface area contributed by atoms with Gasteiger partial charge in [0, 0.05) is 27.9 Å². The van der Waals surface area contributed by atoms with Gasteiger partial charge >= 0.3 is 0 Å². The number of rotatable bonds is 4. The maximum Gasteiger partial charge on any atom is 0.270 e. The Balaban J connectivity index is 1.98. The average Bonchev–Trinajstić information content (AvgIpc) is 2.80. The molecule has 6 heteroatoms. The van der Waals surface area contributed by atoms with Crippen LogP contribution in [0, 0.1) is 19.6 Å². The molecule has 0 spiro atoms. The number of non-ortho nitro benzene ring substituents is 1. The quantitative estimate of drug-likeness (QED) is 0.498. The van der Waals surface area contributed by atoms with E-state index in [9.17, 15) is 10.1 Å². The molecule has 1 aliphatic rings. The van der Waals surface area contributed by atoms with Crippen LogP contribution in [0.25, 0.3) is 0 Å². The van der Waals surface area contributed by atoms with Crippen molar-refractivity contribution in [3.63, 3.8) is 0 Å². The van der Waals surface area contributed by atoms with E-state index in [0.29, 0.717) is 5.92 Å². The van der Waals surface area contributed by atoms with Crippen molar-refractivity contribution in [1.82, 2.24) is 5.32 Å². The molecule has 0 aromatic heterocycles. The number of nitro benzene ring substituents is 1. The summed E-state index contributed by atoms with van der Waals surface area (Å²) in [4.78, 5) is 10.2. The Bertz CT molecular complexity index is 419. The highest BCUT2D eigenvalue weighted by atomic mass is 127. The van der Waals surface area contributed by atoms with E-state index in [1.54, 1.807) is 12.1 Å². The first kappa shape index (κ1) is 12.6. The first-order valence-electron chi connectivity index (χ1n) is 5.55. The van der Waals surface area contributed by atoms with Crippen molar-refractivity contribution in [2.75, 3.05) is 25.0 Å². The van der Waals surface area contributed by atoms with Gasteiger partial charge in [-0.2, -0.15) is 0 Å². The van der Waals surface area contributed by atoms with Crippen molar-refractivity contribution in [3.8, 4) is 0 Å². The number of nitro groups is 1. The minimum Gasteiger partial charge on any atom is -0.384 e. The number of hydrogen-bond acceptors (Lipinski definition) is 4. The number of nitrogens with one attached hydrogen (secondary N) is 2. The Labute approximate surface area is 113 Å². The van der Waals surface area contributed by atoms with Gasteiger partial charge in [-0.3, -0.25) is 10.1 Å². The summed E-state index contributed by atoms with van der Waals surface area (Å²) >= 11 is 2.12. The van der Waals surface area contributed by atoms with Crippen LogP contribution in [-0.4, -0.2) is 24.6 Å². The lowest BCUT2D eigenvalue weighted by atomic mass is 10.1. The molecule has 1 saturated heterocycles. The van der Waals surface area contributed by atoms with Gasteiger partial charge in [0.1, 0.15) is 0 Å². The van der Waals surface area contributed by atoms with E-state index in [1.165, 1.54) is 12.5 Å². The SMILES string of the molecule is O=[N+]([O-])c1ccc(NCC2CCNC2)c(I)c1. The fraction of sp³-hybridized carbons (Fsp3) is 0.455. The third kappa shape index (κ3) is 3.29. The molecule has 1 atom stereocenters. The summed E-state index contributed by atoms with van der Waals surface area (Å²) in [5.74, 6) is 0.654. The molecule has 5 nitrogen and oxygen atoms in total. The van der Waals surface area contributed by atoms with Gasteiger partial charge in [0.15, 0.2) is 0 Å². The molecule has 1 aliphatic heterocycles. The smallest absolute Gasteiger partial charge is 0.270 e. The minimum atomic E-state index is -0.368. The molecule has 0 radical (unpaired) electrons. The summed E-state index contributed by atoms with van der Waals surface area (Å²) in [5, 5.41) is 17.3. The molecular weight excluding hydrogens is 333 g/mol. The highest BCUT2D eigenvalue weighted by molar-refractivity contribution is 14.1. The van der Waals surface area contributed by atoms with Crippen LogP contribution in [0.5, 0.6) is 0 Å². The lowest BCUT2D eigenvalue weighted by Gasteiger charge is -2.12. The van der Waals surface area contributed by atoms with Gasteiger partial charge < -0.3 is 10.6 Å². The number of benzene rings is 1. The monoisotopic (exact) mass is 347 g/mol. The van der Waals surface area contributed by atoms with E-state index in [1.807, 2.05) is 0 Å². The molecule has 92 valence electrons. The van der Waals surface area contributed by atoms with E-state index in [-0.39, 0.29) is 10.6 Å². The molecule has 1 aromatic carbocycles. The molecule has 0 amide bonds. The summed E-state index contributed by atoms with van der Waals surface area (Å²) in [6.45, 7) is 3.06. The third-order valence-corrected chi connectivity index (χ3v) is 3.80. The Hall–Kier alpha value is -0.890. The molecule has 1 aromatic rings. The van der Waals surface area contributed by atoms with Gasteiger partial charge in [0.25, 0.3) is 5.69 Å². The average molecular weight is 347 g/mol. The summed E-state index contributed by atoms with van der Waals surface area (Å²) in [5.41, 5.74) is 1.12. The van der Waals surface area contributed by atoms with Crippen LogP contribution in [0.4, 0.5) is 11.4 Å². The first-order valence-corrected chi connectivity index (χ1v) is 6.63. The van der Waals surface area contributed by atoms with Crippen molar-refractivity contribution >= 4 is 34.0 Å². The van der Waals surface area contributed by atoms with Gasteiger partial charge in [-0.05, 0) is 54.1 Å².